The first kappa shape index (κ1) is 17.0. The van der Waals surface area contributed by atoms with E-state index < -0.39 is 0 Å². The Kier molecular flexibility index (Phi) is 4.64. The van der Waals surface area contributed by atoms with Crippen LogP contribution >= 0.6 is 11.3 Å². The van der Waals surface area contributed by atoms with Gasteiger partial charge in [-0.1, -0.05) is 6.08 Å². The molecule has 2 aliphatic rings. The van der Waals surface area contributed by atoms with Crippen molar-refractivity contribution < 1.29 is 4.79 Å². The highest BCUT2D eigenvalue weighted by molar-refractivity contribution is 7.13. The Morgan fingerprint density at radius 1 is 1.15 bits per heavy atom. The van der Waals surface area contributed by atoms with E-state index >= 15 is 0 Å². The first-order valence-electron chi connectivity index (χ1n) is 9.05. The summed E-state index contributed by atoms with van der Waals surface area (Å²) >= 11 is 1.65. The molecule has 1 aromatic heterocycles. The lowest BCUT2D eigenvalue weighted by atomic mass is 10.2. The van der Waals surface area contributed by atoms with Crippen LogP contribution in [0.5, 0.6) is 0 Å². The van der Waals surface area contributed by atoms with Gasteiger partial charge in [0.15, 0.2) is 0 Å². The number of hydrogen-bond acceptors (Lipinski definition) is 4. The van der Waals surface area contributed by atoms with Crippen molar-refractivity contribution in [2.45, 2.75) is 19.3 Å². The number of benzene rings is 1. The van der Waals surface area contributed by atoms with Crippen LogP contribution in [0.4, 0.5) is 5.69 Å². The molecular formula is C21H23N3OS. The lowest BCUT2D eigenvalue weighted by molar-refractivity contribution is -0.126. The van der Waals surface area contributed by atoms with Crippen LogP contribution in [-0.2, 0) is 4.79 Å². The van der Waals surface area contributed by atoms with E-state index in [9.17, 15) is 4.79 Å². The molecule has 2 aromatic rings. The van der Waals surface area contributed by atoms with E-state index in [0.29, 0.717) is 0 Å². The largest absolute Gasteiger partial charge is 0.378 e. The van der Waals surface area contributed by atoms with Gasteiger partial charge < -0.3 is 9.80 Å². The Labute approximate surface area is 158 Å². The predicted molar refractivity (Wildman–Crippen MR) is 108 cm³/mol. The molecule has 134 valence electrons. The first-order valence-corrected chi connectivity index (χ1v) is 9.93. The lowest BCUT2D eigenvalue weighted by Gasteiger charge is -2.15. The maximum Gasteiger partial charge on any atom is 0.250 e. The van der Waals surface area contributed by atoms with Gasteiger partial charge in [0.05, 0.1) is 5.69 Å². The Hall–Kier alpha value is -2.40. The van der Waals surface area contributed by atoms with Gasteiger partial charge >= 0.3 is 0 Å². The molecule has 0 unspecified atom stereocenters. The topological polar surface area (TPSA) is 36.4 Å². The van der Waals surface area contributed by atoms with Crippen molar-refractivity contribution in [3.63, 3.8) is 0 Å². The van der Waals surface area contributed by atoms with Crippen molar-refractivity contribution >= 4 is 28.5 Å². The number of thiazole rings is 1. The molecule has 1 aliphatic carbocycles. The van der Waals surface area contributed by atoms with Crippen LogP contribution in [0.25, 0.3) is 16.1 Å². The molecule has 26 heavy (non-hydrogen) atoms. The van der Waals surface area contributed by atoms with Gasteiger partial charge in [0.2, 0.25) is 5.91 Å². The average Bonchev–Trinajstić information content (AvgIpc) is 3.42. The molecule has 4 rings (SSSR count). The molecule has 0 radical (unpaired) electrons. The second-order valence-electron chi connectivity index (χ2n) is 7.01. The summed E-state index contributed by atoms with van der Waals surface area (Å²) in [7, 11) is 4.08. The van der Waals surface area contributed by atoms with Crippen molar-refractivity contribution in [3.8, 4) is 10.6 Å². The Morgan fingerprint density at radius 3 is 2.58 bits per heavy atom. The lowest BCUT2D eigenvalue weighted by Crippen LogP contribution is -2.28. The standard InChI is InChI=1S/C21H23N3OS/c1-23(2)18-9-7-15(8-10-18)20-22-19(14-26-20)16-5-6-17(13-16)21(25)24-11-3-4-12-24/h5,7-10,13-14H,3-4,6,11-12H2,1-2H3. The molecule has 1 fully saturated rings. The van der Waals surface area contributed by atoms with Gasteiger partial charge in [-0.25, -0.2) is 4.98 Å². The van der Waals surface area contributed by atoms with Crippen molar-refractivity contribution in [3.05, 3.63) is 53.1 Å². The maximum absolute atomic E-state index is 12.5. The summed E-state index contributed by atoms with van der Waals surface area (Å²) in [5.74, 6) is 0.198. The molecular weight excluding hydrogens is 342 g/mol. The zero-order valence-corrected chi connectivity index (χ0v) is 16.1. The number of allylic oxidation sites excluding steroid dienone is 3. The number of hydrogen-bond donors (Lipinski definition) is 0. The number of anilines is 1. The summed E-state index contributed by atoms with van der Waals surface area (Å²) in [5.41, 5.74) is 5.23. The second-order valence-corrected chi connectivity index (χ2v) is 7.87. The minimum atomic E-state index is 0.198. The number of nitrogens with zero attached hydrogens (tertiary/aromatic N) is 3. The van der Waals surface area contributed by atoms with Crippen LogP contribution in [0.2, 0.25) is 0 Å². The number of likely N-dealkylation sites (tertiary alicyclic amines) is 1. The summed E-state index contributed by atoms with van der Waals surface area (Å²) in [6.07, 6.45) is 7.11. The van der Waals surface area contributed by atoms with Gasteiger partial charge in [-0.15, -0.1) is 11.3 Å². The molecule has 1 amide bonds. The van der Waals surface area contributed by atoms with Gasteiger partial charge in [0.1, 0.15) is 5.01 Å². The third-order valence-electron chi connectivity index (χ3n) is 4.97. The SMILES string of the molecule is CN(C)c1ccc(-c2nc(C3=CCC(C(=O)N4CCCC4)=C3)cs2)cc1. The number of carbonyl (C=O) groups excluding carboxylic acids is 1. The first-order chi connectivity index (χ1) is 12.6. The van der Waals surface area contributed by atoms with Crippen LogP contribution in [0.3, 0.4) is 0 Å². The van der Waals surface area contributed by atoms with Gasteiger partial charge in [0, 0.05) is 49.4 Å². The van der Waals surface area contributed by atoms with E-state index in [1.54, 1.807) is 11.3 Å². The summed E-state index contributed by atoms with van der Waals surface area (Å²) in [4.78, 5) is 21.4. The molecule has 0 spiro atoms. The van der Waals surface area contributed by atoms with Crippen LogP contribution in [0.15, 0.2) is 47.4 Å². The number of aromatic nitrogens is 1. The maximum atomic E-state index is 12.5. The number of carbonyl (C=O) groups is 1. The second kappa shape index (κ2) is 7.08. The van der Waals surface area contributed by atoms with E-state index in [2.05, 4.69) is 40.6 Å². The monoisotopic (exact) mass is 365 g/mol. The molecule has 0 saturated carbocycles. The molecule has 1 aromatic carbocycles. The fourth-order valence-electron chi connectivity index (χ4n) is 3.42. The van der Waals surface area contributed by atoms with E-state index in [0.717, 1.165) is 59.8 Å². The van der Waals surface area contributed by atoms with Crippen molar-refractivity contribution in [1.82, 2.24) is 9.88 Å². The summed E-state index contributed by atoms with van der Waals surface area (Å²) in [6, 6.07) is 8.44. The predicted octanol–water partition coefficient (Wildman–Crippen LogP) is 4.21. The van der Waals surface area contributed by atoms with E-state index in [4.69, 9.17) is 4.98 Å². The third kappa shape index (κ3) is 3.31. The number of amides is 1. The van der Waals surface area contributed by atoms with Crippen LogP contribution in [-0.4, -0.2) is 43.0 Å². The molecule has 2 heterocycles. The Balaban J connectivity index is 1.50. The average molecular weight is 366 g/mol. The molecule has 1 aliphatic heterocycles. The van der Waals surface area contributed by atoms with E-state index in [1.807, 2.05) is 25.1 Å². The Morgan fingerprint density at radius 2 is 1.88 bits per heavy atom. The fourth-order valence-corrected chi connectivity index (χ4v) is 4.25. The minimum absolute atomic E-state index is 0.198. The summed E-state index contributed by atoms with van der Waals surface area (Å²) in [6.45, 7) is 1.80. The summed E-state index contributed by atoms with van der Waals surface area (Å²) < 4.78 is 0. The number of rotatable bonds is 4. The highest BCUT2D eigenvalue weighted by Crippen LogP contribution is 2.32. The zero-order chi connectivity index (χ0) is 18.1. The van der Waals surface area contributed by atoms with Crippen LogP contribution < -0.4 is 4.90 Å². The van der Waals surface area contributed by atoms with Gasteiger partial charge in [-0.2, -0.15) is 0 Å². The molecule has 0 atom stereocenters. The quantitative estimate of drug-likeness (QED) is 0.814. The van der Waals surface area contributed by atoms with Crippen LogP contribution in [0, 0.1) is 0 Å². The summed E-state index contributed by atoms with van der Waals surface area (Å²) in [5, 5.41) is 3.10. The van der Waals surface area contributed by atoms with Crippen molar-refractivity contribution in [2.24, 2.45) is 0 Å². The minimum Gasteiger partial charge on any atom is -0.378 e. The van der Waals surface area contributed by atoms with Gasteiger partial charge in [0.25, 0.3) is 0 Å². The van der Waals surface area contributed by atoms with E-state index in [-0.39, 0.29) is 5.91 Å². The molecule has 1 saturated heterocycles. The zero-order valence-electron chi connectivity index (χ0n) is 15.2. The highest BCUT2D eigenvalue weighted by atomic mass is 32.1. The van der Waals surface area contributed by atoms with Crippen LogP contribution in [0.1, 0.15) is 25.0 Å². The normalized spacial score (nSPS) is 16.6. The molecule has 0 bridgehead atoms. The van der Waals surface area contributed by atoms with E-state index in [1.165, 1.54) is 5.69 Å². The van der Waals surface area contributed by atoms with Crippen molar-refractivity contribution in [2.75, 3.05) is 32.1 Å². The third-order valence-corrected chi connectivity index (χ3v) is 5.86. The fraction of sp³-hybridized carbons (Fsp3) is 0.333. The molecule has 5 heteroatoms. The van der Waals surface area contributed by atoms with Gasteiger partial charge in [-0.05, 0) is 55.2 Å². The van der Waals surface area contributed by atoms with Gasteiger partial charge in [-0.3, -0.25) is 4.79 Å². The smallest absolute Gasteiger partial charge is 0.250 e. The van der Waals surface area contributed by atoms with Crippen molar-refractivity contribution in [1.29, 1.82) is 0 Å². The molecule has 4 nitrogen and oxygen atoms in total. The molecule has 0 N–H and O–H groups in total. The highest BCUT2D eigenvalue weighted by Gasteiger charge is 2.24. The Bertz CT molecular complexity index is 871.